The van der Waals surface area contributed by atoms with Gasteiger partial charge in [-0.1, -0.05) is 19.1 Å². The molecule has 2 aliphatic heterocycles. The number of benzene rings is 2. The second kappa shape index (κ2) is 11.1. The number of urea groups is 1. The normalized spacial score (nSPS) is 18.7. The molecule has 2 aliphatic rings. The van der Waals surface area contributed by atoms with E-state index in [0.29, 0.717) is 31.7 Å². The summed E-state index contributed by atoms with van der Waals surface area (Å²) in [6.07, 6.45) is -4.62. The minimum absolute atomic E-state index is 0.0358. The molecule has 1 atom stereocenters. The van der Waals surface area contributed by atoms with Crippen molar-refractivity contribution in [1.82, 2.24) is 14.7 Å². The first kappa shape index (κ1) is 28.8. The molecule has 0 bridgehead atoms. The number of likely N-dealkylation sites (N-methyl/N-ethyl adjacent to an activating group) is 2. The molecule has 0 spiro atoms. The number of amides is 3. The Labute approximate surface area is 230 Å². The number of Topliss-reactive ketones (excluding diaryl/α,β-unsaturated/α-hetero) is 1. The first-order valence-corrected chi connectivity index (χ1v) is 12.9. The van der Waals surface area contributed by atoms with Crippen LogP contribution >= 0.6 is 0 Å². The molecule has 210 valence electrons. The van der Waals surface area contributed by atoms with Crippen molar-refractivity contribution in [3.05, 3.63) is 76.0 Å². The summed E-state index contributed by atoms with van der Waals surface area (Å²) >= 11 is 0. The molecule has 1 saturated heterocycles. The average molecular weight is 554 g/mol. The Morgan fingerprint density at radius 3 is 2.33 bits per heavy atom. The van der Waals surface area contributed by atoms with Gasteiger partial charge in [0, 0.05) is 50.1 Å². The highest BCUT2D eigenvalue weighted by atomic mass is 19.4. The van der Waals surface area contributed by atoms with Crippen LogP contribution in [0.2, 0.25) is 0 Å². The van der Waals surface area contributed by atoms with Crippen molar-refractivity contribution in [3.63, 3.8) is 0 Å². The third-order valence-corrected chi connectivity index (χ3v) is 7.50. The molecule has 2 heterocycles. The van der Waals surface area contributed by atoms with Crippen LogP contribution in [0.15, 0.2) is 53.7 Å². The lowest BCUT2D eigenvalue weighted by molar-refractivity contribution is -0.137. The lowest BCUT2D eigenvalue weighted by Crippen LogP contribution is -2.50. The van der Waals surface area contributed by atoms with Gasteiger partial charge in [0.2, 0.25) is 0 Å². The lowest BCUT2D eigenvalue weighted by atomic mass is 9.87. The standard InChI is InChI=1S/C29H30F3N5O3/c1-5-35-11-13-36(14-12-35)27(39)24-15-20(17-33)9-10-23(24)26-25(19(3)38)18(2)37(28(40)34(26)4)22-8-6-7-21(16-22)29(30,31)32/h6-10,15-16,26H,5,11-14H2,1-4H3. The highest BCUT2D eigenvalue weighted by Gasteiger charge is 2.42. The van der Waals surface area contributed by atoms with Crippen LogP contribution in [0.3, 0.4) is 0 Å². The second-order valence-corrected chi connectivity index (χ2v) is 9.88. The first-order chi connectivity index (χ1) is 18.9. The number of hydrogen-bond acceptors (Lipinski definition) is 5. The van der Waals surface area contributed by atoms with Gasteiger partial charge in [0.1, 0.15) is 0 Å². The van der Waals surface area contributed by atoms with Crippen LogP contribution < -0.4 is 4.90 Å². The van der Waals surface area contributed by atoms with Gasteiger partial charge in [-0.15, -0.1) is 0 Å². The number of ketones is 1. The van der Waals surface area contributed by atoms with Crippen LogP contribution in [0.1, 0.15) is 53.9 Å². The third-order valence-electron chi connectivity index (χ3n) is 7.50. The number of alkyl halides is 3. The molecule has 40 heavy (non-hydrogen) atoms. The van der Waals surface area contributed by atoms with Crippen LogP contribution in [-0.2, 0) is 11.0 Å². The van der Waals surface area contributed by atoms with Gasteiger partial charge in [0.05, 0.1) is 28.9 Å². The summed E-state index contributed by atoms with van der Waals surface area (Å²) in [5.41, 5.74) is 0.181. The number of rotatable bonds is 5. The molecular weight excluding hydrogens is 523 g/mol. The van der Waals surface area contributed by atoms with Gasteiger partial charge in [-0.3, -0.25) is 14.5 Å². The van der Waals surface area contributed by atoms with Crippen LogP contribution in [0.4, 0.5) is 23.7 Å². The van der Waals surface area contributed by atoms with Crippen LogP contribution in [0.5, 0.6) is 0 Å². The summed E-state index contributed by atoms with van der Waals surface area (Å²) in [5, 5.41) is 9.54. The number of nitrogens with zero attached hydrogens (tertiary/aromatic N) is 5. The van der Waals surface area contributed by atoms with E-state index in [1.54, 1.807) is 11.0 Å². The molecule has 1 fully saturated rings. The summed E-state index contributed by atoms with van der Waals surface area (Å²) in [6.45, 7) is 8.09. The number of halogens is 3. The maximum absolute atomic E-state index is 13.8. The average Bonchev–Trinajstić information content (AvgIpc) is 2.93. The number of allylic oxidation sites excluding steroid dienone is 1. The predicted molar refractivity (Wildman–Crippen MR) is 142 cm³/mol. The second-order valence-electron chi connectivity index (χ2n) is 9.88. The molecule has 2 aromatic rings. The molecule has 0 radical (unpaired) electrons. The molecule has 1 unspecified atom stereocenters. The van der Waals surface area contributed by atoms with E-state index >= 15 is 0 Å². The van der Waals surface area contributed by atoms with Crippen molar-refractivity contribution in [2.45, 2.75) is 33.0 Å². The monoisotopic (exact) mass is 553 g/mol. The van der Waals surface area contributed by atoms with Crippen molar-refractivity contribution in [2.75, 3.05) is 44.7 Å². The minimum atomic E-state index is -4.62. The molecule has 0 aliphatic carbocycles. The number of piperazine rings is 1. The topological polar surface area (TPSA) is 88.0 Å². The smallest absolute Gasteiger partial charge is 0.336 e. The molecule has 0 saturated carbocycles. The van der Waals surface area contributed by atoms with E-state index in [2.05, 4.69) is 4.90 Å². The summed E-state index contributed by atoms with van der Waals surface area (Å²) in [5.74, 6) is -0.720. The van der Waals surface area contributed by atoms with Crippen LogP contribution in [-0.4, -0.2) is 72.2 Å². The number of hydrogen-bond donors (Lipinski definition) is 0. The van der Waals surface area contributed by atoms with Gasteiger partial charge in [0.25, 0.3) is 5.91 Å². The molecule has 11 heteroatoms. The van der Waals surface area contributed by atoms with E-state index < -0.39 is 29.6 Å². The van der Waals surface area contributed by atoms with E-state index in [1.807, 2.05) is 13.0 Å². The summed E-state index contributed by atoms with van der Waals surface area (Å²) in [4.78, 5) is 46.8. The molecule has 8 nitrogen and oxygen atoms in total. The van der Waals surface area contributed by atoms with Gasteiger partial charge in [-0.25, -0.2) is 4.79 Å². The Balaban J connectivity index is 1.84. The number of carbonyl (C=O) groups excluding carboxylic acids is 3. The zero-order chi connectivity index (χ0) is 29.4. The maximum atomic E-state index is 13.8. The van der Waals surface area contributed by atoms with E-state index in [9.17, 15) is 32.8 Å². The van der Waals surface area contributed by atoms with Crippen molar-refractivity contribution in [2.24, 2.45) is 0 Å². The number of anilines is 1. The number of nitriles is 1. The van der Waals surface area contributed by atoms with Crippen molar-refractivity contribution >= 4 is 23.4 Å². The molecule has 2 aromatic carbocycles. The largest absolute Gasteiger partial charge is 0.416 e. The van der Waals surface area contributed by atoms with E-state index in [4.69, 9.17) is 0 Å². The maximum Gasteiger partial charge on any atom is 0.416 e. The molecular formula is C29H30F3N5O3. The van der Waals surface area contributed by atoms with Gasteiger partial charge in [-0.2, -0.15) is 18.4 Å². The van der Waals surface area contributed by atoms with Crippen LogP contribution in [0.25, 0.3) is 0 Å². The zero-order valence-electron chi connectivity index (χ0n) is 22.7. The van der Waals surface area contributed by atoms with Gasteiger partial charge < -0.3 is 14.7 Å². The van der Waals surface area contributed by atoms with Crippen molar-refractivity contribution < 1.29 is 27.6 Å². The third kappa shape index (κ3) is 5.31. The quantitative estimate of drug-likeness (QED) is 0.529. The van der Waals surface area contributed by atoms with E-state index in [-0.39, 0.29) is 34.0 Å². The van der Waals surface area contributed by atoms with E-state index in [0.717, 1.165) is 23.6 Å². The Bertz CT molecular complexity index is 1420. The SMILES string of the molecule is CCN1CCN(C(=O)c2cc(C#N)ccc2C2C(C(C)=O)=C(C)N(c3cccc(C(F)(F)F)c3)C(=O)N2C)CC1. The Morgan fingerprint density at radius 2 is 1.75 bits per heavy atom. The van der Waals surface area contributed by atoms with Gasteiger partial charge in [0.15, 0.2) is 5.78 Å². The Morgan fingerprint density at radius 1 is 1.07 bits per heavy atom. The van der Waals surface area contributed by atoms with Crippen molar-refractivity contribution in [3.8, 4) is 6.07 Å². The van der Waals surface area contributed by atoms with Crippen LogP contribution in [0, 0.1) is 11.3 Å². The van der Waals surface area contributed by atoms with Gasteiger partial charge >= 0.3 is 12.2 Å². The van der Waals surface area contributed by atoms with E-state index in [1.165, 1.54) is 50.1 Å². The fraction of sp³-hybridized carbons (Fsp3) is 0.379. The summed E-state index contributed by atoms with van der Waals surface area (Å²) in [6, 6.07) is 9.29. The molecule has 4 rings (SSSR count). The fourth-order valence-electron chi connectivity index (χ4n) is 5.35. The lowest BCUT2D eigenvalue weighted by Gasteiger charge is -2.42. The minimum Gasteiger partial charge on any atom is -0.336 e. The predicted octanol–water partition coefficient (Wildman–Crippen LogP) is 4.83. The molecule has 0 aromatic heterocycles. The highest BCUT2D eigenvalue weighted by molar-refractivity contribution is 6.06. The number of carbonyl (C=O) groups is 3. The van der Waals surface area contributed by atoms with Gasteiger partial charge in [-0.05, 0) is 56.3 Å². The summed E-state index contributed by atoms with van der Waals surface area (Å²) in [7, 11) is 1.44. The fourth-order valence-corrected chi connectivity index (χ4v) is 5.35. The highest BCUT2D eigenvalue weighted by Crippen LogP contribution is 2.41. The van der Waals surface area contributed by atoms with Crippen molar-refractivity contribution in [1.29, 1.82) is 5.26 Å². The zero-order valence-corrected chi connectivity index (χ0v) is 22.7. The molecule has 3 amide bonds. The Hall–Kier alpha value is -4.17. The molecule has 0 N–H and O–H groups in total. The first-order valence-electron chi connectivity index (χ1n) is 12.9. The Kier molecular flexibility index (Phi) is 8.03. The summed E-state index contributed by atoms with van der Waals surface area (Å²) < 4.78 is 40.3.